The van der Waals surface area contributed by atoms with Gasteiger partial charge in [-0.1, -0.05) is 6.07 Å². The zero-order chi connectivity index (χ0) is 14.2. The zero-order valence-corrected chi connectivity index (χ0v) is 12.6. The summed E-state index contributed by atoms with van der Waals surface area (Å²) in [6.07, 6.45) is 6.44. The first-order chi connectivity index (χ1) is 10.3. The normalized spacial score (nSPS) is 18.0. The molecule has 3 heteroatoms. The number of aryl methyl sites for hydroxylation is 1. The highest BCUT2D eigenvalue weighted by Crippen LogP contribution is 2.42. The van der Waals surface area contributed by atoms with E-state index < -0.39 is 0 Å². The van der Waals surface area contributed by atoms with Crippen molar-refractivity contribution in [1.82, 2.24) is 5.32 Å². The maximum Gasteiger partial charge on any atom is 0.136 e. The Bertz CT molecular complexity index is 646. The summed E-state index contributed by atoms with van der Waals surface area (Å²) in [5.74, 6) is 1.03. The molecule has 0 amide bonds. The van der Waals surface area contributed by atoms with Gasteiger partial charge in [-0.25, -0.2) is 0 Å². The van der Waals surface area contributed by atoms with Gasteiger partial charge in [0.1, 0.15) is 5.76 Å². The van der Waals surface area contributed by atoms with E-state index in [0.29, 0.717) is 0 Å². The minimum absolute atomic E-state index is 1.03. The van der Waals surface area contributed by atoms with Crippen LogP contribution in [0.5, 0.6) is 0 Å². The molecule has 0 fully saturated rings. The number of nitrogens with one attached hydrogen (secondary N) is 1. The van der Waals surface area contributed by atoms with Crippen LogP contribution in [0.25, 0.3) is 11.3 Å². The summed E-state index contributed by atoms with van der Waals surface area (Å²) in [4.78, 5) is 2.41. The van der Waals surface area contributed by atoms with Crippen LogP contribution in [-0.4, -0.2) is 26.7 Å². The van der Waals surface area contributed by atoms with Crippen LogP contribution in [0.4, 0.5) is 5.69 Å². The highest BCUT2D eigenvalue weighted by molar-refractivity contribution is 5.83. The molecule has 2 aliphatic rings. The van der Waals surface area contributed by atoms with Crippen molar-refractivity contribution in [2.45, 2.75) is 25.7 Å². The Morgan fingerprint density at radius 1 is 1.14 bits per heavy atom. The average Bonchev–Trinajstić information content (AvgIpc) is 2.91. The lowest BCUT2D eigenvalue weighted by Gasteiger charge is -2.31. The second-order valence-corrected chi connectivity index (χ2v) is 6.15. The minimum atomic E-state index is 1.03. The van der Waals surface area contributed by atoms with Crippen molar-refractivity contribution in [3.8, 4) is 11.3 Å². The molecule has 0 spiro atoms. The van der Waals surface area contributed by atoms with Crippen LogP contribution in [0.15, 0.2) is 28.9 Å². The van der Waals surface area contributed by atoms with E-state index in [2.05, 4.69) is 29.4 Å². The monoisotopic (exact) mass is 282 g/mol. The molecular weight excluding hydrogens is 260 g/mol. The first-order valence-electron chi connectivity index (χ1n) is 7.98. The molecular formula is C18H22N2O. The number of anilines is 1. The molecule has 3 heterocycles. The third-order valence-electron chi connectivity index (χ3n) is 4.79. The molecule has 110 valence electrons. The average molecular weight is 282 g/mol. The molecule has 0 atom stereocenters. The summed E-state index contributed by atoms with van der Waals surface area (Å²) < 4.78 is 5.79. The fourth-order valence-corrected chi connectivity index (χ4v) is 3.83. The highest BCUT2D eigenvalue weighted by atomic mass is 16.3. The van der Waals surface area contributed by atoms with E-state index in [-0.39, 0.29) is 0 Å². The predicted molar refractivity (Wildman–Crippen MR) is 86.0 cm³/mol. The first-order valence-corrected chi connectivity index (χ1v) is 7.98. The van der Waals surface area contributed by atoms with Crippen LogP contribution in [0.2, 0.25) is 0 Å². The highest BCUT2D eigenvalue weighted by Gasteiger charge is 2.25. The fourth-order valence-electron chi connectivity index (χ4n) is 3.83. The Hall–Kier alpha value is -1.74. The van der Waals surface area contributed by atoms with E-state index in [1.807, 2.05) is 6.07 Å². The Balaban J connectivity index is 2.00. The molecule has 2 aromatic rings. The molecule has 0 radical (unpaired) electrons. The third-order valence-corrected chi connectivity index (χ3v) is 4.79. The molecule has 0 unspecified atom stereocenters. The van der Waals surface area contributed by atoms with Gasteiger partial charge in [0.25, 0.3) is 0 Å². The van der Waals surface area contributed by atoms with Crippen LogP contribution in [0.3, 0.4) is 0 Å². The second kappa shape index (κ2) is 5.23. The van der Waals surface area contributed by atoms with Gasteiger partial charge >= 0.3 is 0 Å². The van der Waals surface area contributed by atoms with Crippen LogP contribution in [-0.2, 0) is 19.3 Å². The Morgan fingerprint density at radius 3 is 2.90 bits per heavy atom. The largest absolute Gasteiger partial charge is 0.464 e. The molecule has 0 saturated heterocycles. The standard InChI is InChI=1S/C18H22N2O/c1-20-10-2-4-14-12-13-6-8-19-9-7-15(13)17(18(14)20)16-5-3-11-21-16/h3,5,11-12,19H,2,4,6-10H2,1H3. The smallest absolute Gasteiger partial charge is 0.136 e. The van der Waals surface area contributed by atoms with Gasteiger partial charge in [0.05, 0.1) is 12.0 Å². The summed E-state index contributed by atoms with van der Waals surface area (Å²) in [5.41, 5.74) is 7.24. The molecule has 4 rings (SSSR count). The van der Waals surface area contributed by atoms with E-state index >= 15 is 0 Å². The number of nitrogens with zero attached hydrogens (tertiary/aromatic N) is 1. The number of benzene rings is 1. The SMILES string of the molecule is CN1CCCc2cc3c(c(-c4ccco4)c21)CCNCC3. The lowest BCUT2D eigenvalue weighted by atomic mass is 9.87. The number of furan rings is 1. The molecule has 1 aromatic heterocycles. The third kappa shape index (κ3) is 2.16. The Morgan fingerprint density at radius 2 is 2.05 bits per heavy atom. The molecule has 1 N–H and O–H groups in total. The van der Waals surface area contributed by atoms with E-state index in [4.69, 9.17) is 4.42 Å². The van der Waals surface area contributed by atoms with Crippen molar-refractivity contribution in [3.63, 3.8) is 0 Å². The molecule has 2 aliphatic heterocycles. The minimum Gasteiger partial charge on any atom is -0.464 e. The molecule has 0 saturated carbocycles. The molecule has 21 heavy (non-hydrogen) atoms. The van der Waals surface area contributed by atoms with Crippen molar-refractivity contribution >= 4 is 5.69 Å². The van der Waals surface area contributed by atoms with Gasteiger partial charge in [-0.05, 0) is 67.6 Å². The maximum absolute atomic E-state index is 5.79. The predicted octanol–water partition coefficient (Wildman–Crippen LogP) is 3.02. The van der Waals surface area contributed by atoms with Crippen LogP contribution < -0.4 is 10.2 Å². The van der Waals surface area contributed by atoms with Gasteiger partial charge < -0.3 is 14.6 Å². The van der Waals surface area contributed by atoms with Crippen molar-refractivity contribution < 1.29 is 4.42 Å². The van der Waals surface area contributed by atoms with Crippen LogP contribution in [0.1, 0.15) is 23.1 Å². The summed E-state index contributed by atoms with van der Waals surface area (Å²) in [7, 11) is 2.21. The van der Waals surface area contributed by atoms with Gasteiger partial charge in [-0.2, -0.15) is 0 Å². The lowest BCUT2D eigenvalue weighted by Crippen LogP contribution is -2.26. The topological polar surface area (TPSA) is 28.4 Å². The van der Waals surface area contributed by atoms with E-state index in [1.165, 1.54) is 40.8 Å². The lowest BCUT2D eigenvalue weighted by molar-refractivity contribution is 0.580. The van der Waals surface area contributed by atoms with Gasteiger partial charge in [-0.15, -0.1) is 0 Å². The van der Waals surface area contributed by atoms with Gasteiger partial charge in [0.15, 0.2) is 0 Å². The number of rotatable bonds is 1. The number of fused-ring (bicyclic) bond motifs is 2. The van der Waals surface area contributed by atoms with E-state index in [1.54, 1.807) is 6.26 Å². The molecule has 0 bridgehead atoms. The van der Waals surface area contributed by atoms with Crippen LogP contribution >= 0.6 is 0 Å². The maximum atomic E-state index is 5.79. The van der Waals surface area contributed by atoms with Gasteiger partial charge in [0.2, 0.25) is 0 Å². The van der Waals surface area contributed by atoms with Gasteiger partial charge in [-0.3, -0.25) is 0 Å². The van der Waals surface area contributed by atoms with Crippen LogP contribution in [0, 0.1) is 0 Å². The number of hydrogen-bond donors (Lipinski definition) is 1. The fraction of sp³-hybridized carbons (Fsp3) is 0.444. The van der Waals surface area contributed by atoms with Crippen molar-refractivity contribution in [2.24, 2.45) is 0 Å². The van der Waals surface area contributed by atoms with Gasteiger partial charge in [0, 0.05) is 19.2 Å². The quantitative estimate of drug-likeness (QED) is 0.871. The Kier molecular flexibility index (Phi) is 3.23. The first kappa shape index (κ1) is 13.0. The zero-order valence-electron chi connectivity index (χ0n) is 12.6. The second-order valence-electron chi connectivity index (χ2n) is 6.15. The molecule has 1 aromatic carbocycles. The van der Waals surface area contributed by atoms with E-state index in [0.717, 1.165) is 38.2 Å². The van der Waals surface area contributed by atoms with E-state index in [9.17, 15) is 0 Å². The summed E-state index contributed by atoms with van der Waals surface area (Å²) in [5, 5.41) is 3.52. The van der Waals surface area contributed by atoms with Crippen molar-refractivity contribution in [3.05, 3.63) is 41.2 Å². The molecule has 0 aliphatic carbocycles. The Labute approximate surface area is 126 Å². The number of hydrogen-bond acceptors (Lipinski definition) is 3. The molecule has 3 nitrogen and oxygen atoms in total. The van der Waals surface area contributed by atoms with Crippen molar-refractivity contribution in [1.29, 1.82) is 0 Å². The summed E-state index contributed by atoms with van der Waals surface area (Å²) in [6, 6.07) is 6.56. The van der Waals surface area contributed by atoms with Crippen molar-refractivity contribution in [2.75, 3.05) is 31.6 Å². The summed E-state index contributed by atoms with van der Waals surface area (Å²) in [6.45, 7) is 3.28. The summed E-state index contributed by atoms with van der Waals surface area (Å²) >= 11 is 0.